The molecule has 0 unspecified atom stereocenters. The molecular weight excluding hydrogens is 509 g/mol. The van der Waals surface area contributed by atoms with E-state index < -0.39 is 35.7 Å². The van der Waals surface area contributed by atoms with Gasteiger partial charge in [0.15, 0.2) is 0 Å². The summed E-state index contributed by atoms with van der Waals surface area (Å²) in [7, 11) is 2.92. The number of rotatable bonds is 11. The minimum Gasteiger partial charge on any atom is -0.496 e. The number of carboxylic acid groups (broad SMARTS) is 1. The summed E-state index contributed by atoms with van der Waals surface area (Å²) in [6.07, 6.45) is 2.02. The maximum Gasteiger partial charge on any atom is 0.332 e. The van der Waals surface area contributed by atoms with E-state index in [2.05, 4.69) is 10.2 Å². The summed E-state index contributed by atoms with van der Waals surface area (Å²) in [5, 5.41) is 18.2. The number of hydrogen-bond acceptors (Lipinski definition) is 9. The van der Waals surface area contributed by atoms with E-state index in [-0.39, 0.29) is 30.0 Å². The summed E-state index contributed by atoms with van der Waals surface area (Å²) >= 11 is 1.10. The number of thiophene rings is 1. The van der Waals surface area contributed by atoms with E-state index in [9.17, 15) is 23.9 Å². The van der Waals surface area contributed by atoms with Crippen LogP contribution >= 0.6 is 11.3 Å². The smallest absolute Gasteiger partial charge is 0.332 e. The quantitative estimate of drug-likeness (QED) is 0.286. The van der Waals surface area contributed by atoms with Gasteiger partial charge in [-0.2, -0.15) is 10.2 Å². The monoisotopic (exact) mass is 533 g/mol. The molecule has 0 bridgehead atoms. The molecule has 0 aliphatic rings. The number of carbonyl (C=O) groups is 1. The molecule has 37 heavy (non-hydrogen) atoms. The molecule has 3 aromatic heterocycles. The molecule has 0 spiro atoms. The molecule has 0 amide bonds. The zero-order chi connectivity index (χ0) is 26.7. The molecule has 4 aromatic rings. The summed E-state index contributed by atoms with van der Waals surface area (Å²) in [4.78, 5) is 39.9. The minimum absolute atomic E-state index is 0.111. The molecule has 0 aliphatic heterocycles. The van der Waals surface area contributed by atoms with Gasteiger partial charge in [0, 0.05) is 18.2 Å². The van der Waals surface area contributed by atoms with Gasteiger partial charge in [-0.25, -0.2) is 13.8 Å². The molecule has 1 atom stereocenters. The van der Waals surface area contributed by atoms with Gasteiger partial charge in [0.25, 0.3) is 5.56 Å². The first-order chi connectivity index (χ1) is 17.8. The van der Waals surface area contributed by atoms with Gasteiger partial charge in [-0.3, -0.25) is 14.2 Å². The molecule has 196 valence electrons. The number of benzene rings is 1. The fraction of sp³-hybridized carbons (Fsp3) is 0.348. The van der Waals surface area contributed by atoms with E-state index in [0.29, 0.717) is 26.4 Å². The Kier molecular flexibility index (Phi) is 7.80. The van der Waals surface area contributed by atoms with Crippen LogP contribution in [-0.4, -0.2) is 62.6 Å². The third-order valence-electron chi connectivity index (χ3n) is 5.66. The molecule has 12 nitrogen and oxygen atoms in total. The van der Waals surface area contributed by atoms with Crippen LogP contribution in [0.1, 0.15) is 17.2 Å². The van der Waals surface area contributed by atoms with Crippen LogP contribution in [0.25, 0.3) is 15.2 Å². The Hall–Kier alpha value is -3.88. The number of fused-ring (bicyclic) bond motifs is 1. The van der Waals surface area contributed by atoms with Crippen LogP contribution in [0.4, 0.5) is 4.39 Å². The summed E-state index contributed by atoms with van der Waals surface area (Å²) in [6, 6.07) is 3.92. The van der Waals surface area contributed by atoms with Crippen LogP contribution in [0.2, 0.25) is 0 Å². The molecule has 1 N–H and O–H groups in total. The Morgan fingerprint density at radius 2 is 1.89 bits per heavy atom. The maximum absolute atomic E-state index is 14.2. The lowest BCUT2D eigenvalue weighted by Gasteiger charge is -2.22. The van der Waals surface area contributed by atoms with E-state index in [1.165, 1.54) is 54.2 Å². The lowest BCUT2D eigenvalue weighted by Crippen LogP contribution is -2.42. The highest BCUT2D eigenvalue weighted by Crippen LogP contribution is 2.33. The van der Waals surface area contributed by atoms with E-state index in [0.717, 1.165) is 11.3 Å². The number of aliphatic carboxylic acids is 1. The molecule has 0 radical (unpaired) electrons. The second kappa shape index (κ2) is 11.0. The third kappa shape index (κ3) is 5.16. The zero-order valence-electron chi connectivity index (χ0n) is 20.2. The number of ether oxygens (including phenoxy) is 3. The van der Waals surface area contributed by atoms with Gasteiger partial charge in [-0.05, 0) is 25.1 Å². The number of aryl methyl sites for hydroxylation is 1. The predicted octanol–water partition coefficient (Wildman–Crippen LogP) is 1.75. The van der Waals surface area contributed by atoms with Gasteiger partial charge >= 0.3 is 11.7 Å². The summed E-state index contributed by atoms with van der Waals surface area (Å²) in [5.41, 5.74) is -0.783. The first-order valence-electron chi connectivity index (χ1n) is 11.1. The highest BCUT2D eigenvalue weighted by molar-refractivity contribution is 7.21. The van der Waals surface area contributed by atoms with Gasteiger partial charge in [-0.15, -0.1) is 4.80 Å². The standard InChI is InChI=1S/C23H24FN5O7S/c1-13-19-20(32)27(12-18(30)31)23(33)28(22(19)37-21(13)29-25-6-7-26-29)11-17(36-9-8-34-2)15-10-14(24)4-5-16(15)35-3/h4-7,10,17H,8-9,11-12H2,1-3H3,(H,30,31)/t17-/m0/s1. The number of nitrogens with zero attached hydrogens (tertiary/aromatic N) is 5. The van der Waals surface area contributed by atoms with Gasteiger partial charge in [0.05, 0.1) is 44.6 Å². The zero-order valence-corrected chi connectivity index (χ0v) is 21.0. The van der Waals surface area contributed by atoms with Gasteiger partial charge < -0.3 is 19.3 Å². The molecule has 0 aliphatic carbocycles. The van der Waals surface area contributed by atoms with Crippen molar-refractivity contribution in [2.75, 3.05) is 27.4 Å². The van der Waals surface area contributed by atoms with E-state index in [1.807, 2.05) is 0 Å². The van der Waals surface area contributed by atoms with Crippen LogP contribution in [0.3, 0.4) is 0 Å². The van der Waals surface area contributed by atoms with Gasteiger partial charge in [0.1, 0.15) is 34.0 Å². The second-order valence-electron chi connectivity index (χ2n) is 7.95. The van der Waals surface area contributed by atoms with Crippen LogP contribution in [0.15, 0.2) is 40.2 Å². The van der Waals surface area contributed by atoms with Crippen molar-refractivity contribution in [2.45, 2.75) is 26.1 Å². The number of aromatic nitrogens is 5. The number of methoxy groups -OCH3 is 2. The molecular formula is C23H24FN5O7S. The topological polar surface area (TPSA) is 140 Å². The van der Waals surface area contributed by atoms with Crippen molar-refractivity contribution in [2.24, 2.45) is 0 Å². The lowest BCUT2D eigenvalue weighted by atomic mass is 10.1. The van der Waals surface area contributed by atoms with Gasteiger partial charge in [0.2, 0.25) is 0 Å². The Labute approximate surface area is 213 Å². The normalized spacial score (nSPS) is 12.2. The molecule has 0 fully saturated rings. The first-order valence-corrected chi connectivity index (χ1v) is 11.9. The van der Waals surface area contributed by atoms with Crippen molar-refractivity contribution >= 4 is 27.5 Å². The fourth-order valence-corrected chi connectivity index (χ4v) is 5.19. The summed E-state index contributed by atoms with van der Waals surface area (Å²) in [5.74, 6) is -1.56. The Balaban J connectivity index is 1.96. The van der Waals surface area contributed by atoms with Crippen molar-refractivity contribution in [3.8, 4) is 10.8 Å². The van der Waals surface area contributed by atoms with Crippen molar-refractivity contribution in [3.05, 3.63) is 68.4 Å². The average Bonchev–Trinajstić information content (AvgIpc) is 3.51. The van der Waals surface area contributed by atoms with E-state index in [1.54, 1.807) is 6.92 Å². The largest absolute Gasteiger partial charge is 0.496 e. The van der Waals surface area contributed by atoms with Crippen molar-refractivity contribution < 1.29 is 28.5 Å². The van der Waals surface area contributed by atoms with Crippen LogP contribution in [0.5, 0.6) is 5.75 Å². The third-order valence-corrected chi connectivity index (χ3v) is 6.94. The molecule has 1 aromatic carbocycles. The first kappa shape index (κ1) is 26.2. The minimum atomic E-state index is -1.35. The van der Waals surface area contributed by atoms with Crippen LogP contribution < -0.4 is 16.0 Å². The Morgan fingerprint density at radius 3 is 2.54 bits per heavy atom. The molecule has 3 heterocycles. The highest BCUT2D eigenvalue weighted by Gasteiger charge is 2.26. The van der Waals surface area contributed by atoms with Crippen LogP contribution in [0, 0.1) is 12.7 Å². The number of halogens is 1. The SMILES string of the molecule is COCCO[C@@H](Cn1c(=O)n(CC(=O)O)c(=O)c2c(C)c(-n3nccn3)sc21)c1cc(F)ccc1OC. The van der Waals surface area contributed by atoms with Crippen molar-refractivity contribution in [1.82, 2.24) is 24.1 Å². The van der Waals surface area contributed by atoms with E-state index >= 15 is 0 Å². The fourth-order valence-electron chi connectivity index (χ4n) is 3.97. The van der Waals surface area contributed by atoms with Crippen LogP contribution in [-0.2, 0) is 27.4 Å². The molecule has 0 saturated carbocycles. The van der Waals surface area contributed by atoms with Crippen molar-refractivity contribution in [1.29, 1.82) is 0 Å². The highest BCUT2D eigenvalue weighted by atomic mass is 32.1. The molecule has 4 rings (SSSR count). The summed E-state index contributed by atoms with van der Waals surface area (Å²) in [6.45, 7) is 0.992. The summed E-state index contributed by atoms with van der Waals surface area (Å²) < 4.78 is 32.6. The van der Waals surface area contributed by atoms with Gasteiger partial charge in [-0.1, -0.05) is 11.3 Å². The second-order valence-corrected chi connectivity index (χ2v) is 8.93. The lowest BCUT2D eigenvalue weighted by molar-refractivity contribution is -0.137. The van der Waals surface area contributed by atoms with Crippen molar-refractivity contribution in [3.63, 3.8) is 0 Å². The maximum atomic E-state index is 14.2. The molecule has 14 heteroatoms. The molecule has 0 saturated heterocycles. The Morgan fingerprint density at radius 1 is 1.16 bits per heavy atom. The Bertz CT molecular complexity index is 1540. The van der Waals surface area contributed by atoms with E-state index in [4.69, 9.17) is 14.2 Å². The predicted molar refractivity (Wildman–Crippen MR) is 131 cm³/mol. The average molecular weight is 534 g/mol. The number of carboxylic acids is 1. The number of hydrogen-bond donors (Lipinski definition) is 1.